The second kappa shape index (κ2) is 5.18. The van der Waals surface area contributed by atoms with E-state index in [1.807, 2.05) is 0 Å². The molecule has 6 heteroatoms. The van der Waals surface area contributed by atoms with Gasteiger partial charge in [-0.2, -0.15) is 0 Å². The average molecular weight is 252 g/mol. The van der Waals surface area contributed by atoms with Crippen LogP contribution in [0.2, 0.25) is 0 Å². The molecule has 2 N–H and O–H groups in total. The fourth-order valence-corrected chi connectivity index (χ4v) is 2.87. The maximum absolute atomic E-state index is 11.8. The van der Waals surface area contributed by atoms with E-state index in [4.69, 9.17) is 5.11 Å². The highest BCUT2D eigenvalue weighted by Gasteiger charge is 2.31. The maximum Gasteiger partial charge on any atom is 0.316 e. The van der Waals surface area contributed by atoms with Gasteiger partial charge in [0.25, 0.3) is 5.91 Å². The molecule has 0 aromatic carbocycles. The van der Waals surface area contributed by atoms with E-state index < -0.39 is 11.2 Å². The van der Waals surface area contributed by atoms with Gasteiger partial charge >= 0.3 is 5.97 Å². The Hall–Kier alpha value is -1.56. The maximum atomic E-state index is 11.8. The molecule has 90 valence electrons. The van der Waals surface area contributed by atoms with Crippen LogP contribution in [0.4, 0.5) is 0 Å². The van der Waals surface area contributed by atoms with E-state index in [9.17, 15) is 9.59 Å². The van der Waals surface area contributed by atoms with Gasteiger partial charge in [0.15, 0.2) is 0 Å². The lowest BCUT2D eigenvalue weighted by Gasteiger charge is -2.11. The molecule has 1 aromatic heterocycles. The first-order chi connectivity index (χ1) is 8.16. The van der Waals surface area contributed by atoms with E-state index >= 15 is 0 Å². The standard InChI is InChI=1S/C11H12N2O3S/c14-10(7-1-3-12-4-2-7)13-8-5-9(11(15)16)17-6-8/h1-4,8-9H,5-6H2,(H,13,14)(H,15,16)/t8-,9-/m0/s1. The predicted molar refractivity (Wildman–Crippen MR) is 64.0 cm³/mol. The zero-order valence-corrected chi connectivity index (χ0v) is 9.81. The van der Waals surface area contributed by atoms with Gasteiger partial charge in [-0.05, 0) is 18.6 Å². The Morgan fingerprint density at radius 1 is 1.41 bits per heavy atom. The van der Waals surface area contributed by atoms with Gasteiger partial charge in [-0.3, -0.25) is 14.6 Å². The highest BCUT2D eigenvalue weighted by molar-refractivity contribution is 8.00. The molecular weight excluding hydrogens is 240 g/mol. The van der Waals surface area contributed by atoms with Crippen LogP contribution in [0.15, 0.2) is 24.5 Å². The van der Waals surface area contributed by atoms with E-state index in [1.54, 1.807) is 24.5 Å². The van der Waals surface area contributed by atoms with Gasteiger partial charge in [-0.1, -0.05) is 0 Å². The molecule has 1 fully saturated rings. The molecule has 5 nitrogen and oxygen atoms in total. The van der Waals surface area contributed by atoms with Crippen LogP contribution in [0.3, 0.4) is 0 Å². The molecule has 0 bridgehead atoms. The van der Waals surface area contributed by atoms with E-state index in [0.29, 0.717) is 17.7 Å². The zero-order valence-electron chi connectivity index (χ0n) is 9.00. The van der Waals surface area contributed by atoms with Crippen LogP contribution in [-0.2, 0) is 4.79 Å². The van der Waals surface area contributed by atoms with Crippen LogP contribution >= 0.6 is 11.8 Å². The first kappa shape index (κ1) is 11.9. The molecule has 0 radical (unpaired) electrons. The number of carbonyl (C=O) groups excluding carboxylic acids is 1. The molecule has 17 heavy (non-hydrogen) atoms. The number of hydrogen-bond donors (Lipinski definition) is 2. The van der Waals surface area contributed by atoms with E-state index in [-0.39, 0.29) is 11.9 Å². The SMILES string of the molecule is O=C(N[C@@H]1CS[C@H](C(=O)O)C1)c1ccncc1. The van der Waals surface area contributed by atoms with Gasteiger partial charge < -0.3 is 10.4 Å². The first-order valence-corrected chi connectivity index (χ1v) is 6.27. The molecule has 1 aliphatic heterocycles. The molecule has 0 saturated carbocycles. The summed E-state index contributed by atoms with van der Waals surface area (Å²) in [6.07, 6.45) is 3.59. The van der Waals surface area contributed by atoms with Crippen LogP contribution in [0, 0.1) is 0 Å². The van der Waals surface area contributed by atoms with Crippen molar-refractivity contribution in [2.75, 3.05) is 5.75 Å². The van der Waals surface area contributed by atoms with Crippen molar-refractivity contribution in [2.24, 2.45) is 0 Å². The fourth-order valence-electron chi connectivity index (χ4n) is 1.67. The summed E-state index contributed by atoms with van der Waals surface area (Å²) in [6, 6.07) is 3.19. The van der Waals surface area contributed by atoms with E-state index in [2.05, 4.69) is 10.3 Å². The smallest absolute Gasteiger partial charge is 0.316 e. The Bertz CT molecular complexity index is 424. The summed E-state index contributed by atoms with van der Waals surface area (Å²) in [7, 11) is 0. The minimum Gasteiger partial charge on any atom is -0.480 e. The Kier molecular flexibility index (Phi) is 3.63. The number of carbonyl (C=O) groups is 2. The van der Waals surface area contributed by atoms with Gasteiger partial charge in [0.1, 0.15) is 5.25 Å². The normalized spacial score (nSPS) is 23.3. The highest BCUT2D eigenvalue weighted by atomic mass is 32.2. The predicted octanol–water partition coefficient (Wildman–Crippen LogP) is 0.770. The van der Waals surface area contributed by atoms with Crippen molar-refractivity contribution >= 4 is 23.6 Å². The largest absolute Gasteiger partial charge is 0.480 e. The Balaban J connectivity index is 1.91. The summed E-state index contributed by atoms with van der Waals surface area (Å²) < 4.78 is 0. The van der Waals surface area contributed by atoms with Crippen molar-refractivity contribution in [1.82, 2.24) is 10.3 Å². The van der Waals surface area contributed by atoms with Crippen LogP contribution in [-0.4, -0.2) is 39.0 Å². The van der Waals surface area contributed by atoms with Crippen molar-refractivity contribution < 1.29 is 14.7 Å². The van der Waals surface area contributed by atoms with Gasteiger partial charge in [0.2, 0.25) is 0 Å². The van der Waals surface area contributed by atoms with Crippen molar-refractivity contribution in [3.8, 4) is 0 Å². The zero-order chi connectivity index (χ0) is 12.3. The third-order valence-corrected chi connectivity index (χ3v) is 3.94. The Morgan fingerprint density at radius 2 is 2.12 bits per heavy atom. The molecule has 0 unspecified atom stereocenters. The van der Waals surface area contributed by atoms with E-state index in [0.717, 1.165) is 0 Å². The fraction of sp³-hybridized carbons (Fsp3) is 0.364. The van der Waals surface area contributed by atoms with Crippen molar-refractivity contribution in [3.63, 3.8) is 0 Å². The number of nitrogens with one attached hydrogen (secondary N) is 1. The second-order valence-corrected chi connectivity index (χ2v) is 5.04. The Morgan fingerprint density at radius 3 is 2.71 bits per heavy atom. The van der Waals surface area contributed by atoms with Gasteiger partial charge in [-0.15, -0.1) is 11.8 Å². The summed E-state index contributed by atoms with van der Waals surface area (Å²) >= 11 is 1.37. The monoisotopic (exact) mass is 252 g/mol. The number of carboxylic acid groups (broad SMARTS) is 1. The number of nitrogens with zero attached hydrogens (tertiary/aromatic N) is 1. The lowest BCUT2D eigenvalue weighted by molar-refractivity contribution is -0.136. The molecule has 1 saturated heterocycles. The molecule has 0 aliphatic carbocycles. The van der Waals surface area contributed by atoms with Crippen LogP contribution in [0.5, 0.6) is 0 Å². The lowest BCUT2D eigenvalue weighted by atomic mass is 10.1. The molecule has 1 aliphatic rings. The lowest BCUT2D eigenvalue weighted by Crippen LogP contribution is -2.35. The molecule has 2 heterocycles. The third kappa shape index (κ3) is 2.97. The van der Waals surface area contributed by atoms with Crippen molar-refractivity contribution in [1.29, 1.82) is 0 Å². The minimum atomic E-state index is -0.810. The topological polar surface area (TPSA) is 79.3 Å². The number of pyridine rings is 1. The van der Waals surface area contributed by atoms with Crippen LogP contribution in [0.1, 0.15) is 16.8 Å². The molecule has 0 spiro atoms. The number of aliphatic carboxylic acids is 1. The minimum absolute atomic E-state index is 0.0678. The molecular formula is C11H12N2O3S. The van der Waals surface area contributed by atoms with Crippen molar-refractivity contribution in [3.05, 3.63) is 30.1 Å². The first-order valence-electron chi connectivity index (χ1n) is 5.22. The summed E-state index contributed by atoms with van der Waals surface area (Å²) in [4.78, 5) is 26.4. The number of rotatable bonds is 3. The van der Waals surface area contributed by atoms with Crippen LogP contribution in [0.25, 0.3) is 0 Å². The molecule has 1 aromatic rings. The average Bonchev–Trinajstić information content (AvgIpc) is 2.79. The summed E-state index contributed by atoms with van der Waals surface area (Å²) in [5.74, 6) is -0.340. The Labute approximate surface area is 103 Å². The van der Waals surface area contributed by atoms with Gasteiger partial charge in [-0.25, -0.2) is 0 Å². The highest BCUT2D eigenvalue weighted by Crippen LogP contribution is 2.26. The summed E-state index contributed by atoms with van der Waals surface area (Å²) in [5.41, 5.74) is 0.545. The number of thioether (sulfide) groups is 1. The second-order valence-electron chi connectivity index (χ2n) is 3.80. The van der Waals surface area contributed by atoms with Crippen molar-refractivity contribution in [2.45, 2.75) is 17.7 Å². The van der Waals surface area contributed by atoms with Crippen LogP contribution < -0.4 is 5.32 Å². The number of carboxylic acids is 1. The number of aromatic nitrogens is 1. The quantitative estimate of drug-likeness (QED) is 0.830. The number of amides is 1. The van der Waals surface area contributed by atoms with E-state index in [1.165, 1.54) is 11.8 Å². The summed E-state index contributed by atoms with van der Waals surface area (Å²) in [6.45, 7) is 0. The number of hydrogen-bond acceptors (Lipinski definition) is 4. The molecule has 2 atom stereocenters. The molecule has 1 amide bonds. The summed E-state index contributed by atoms with van der Waals surface area (Å²) in [5, 5.41) is 11.3. The third-order valence-electron chi connectivity index (χ3n) is 2.55. The van der Waals surface area contributed by atoms with Gasteiger partial charge in [0, 0.05) is 29.8 Å². The molecule has 2 rings (SSSR count). The van der Waals surface area contributed by atoms with Gasteiger partial charge in [0.05, 0.1) is 0 Å².